The van der Waals surface area contributed by atoms with E-state index < -0.39 is 0 Å². The van der Waals surface area contributed by atoms with Crippen LogP contribution in [0.3, 0.4) is 0 Å². The average Bonchev–Trinajstić information content (AvgIpc) is 3.57. The van der Waals surface area contributed by atoms with Crippen molar-refractivity contribution < 1.29 is 0 Å². The van der Waals surface area contributed by atoms with Crippen molar-refractivity contribution in [3.05, 3.63) is 273 Å². The normalized spacial score (nSPS) is 8.96. The molecule has 0 N–H and O–H groups in total. The number of rotatable bonds is 9. The number of hydrogen-bond acceptors (Lipinski definition) is 6. The van der Waals surface area contributed by atoms with Gasteiger partial charge >= 0.3 is 0 Å². The fraction of sp³-hybridized carbons (Fsp3) is 0.208. The Morgan fingerprint density at radius 2 is 0.295 bits per heavy atom. The van der Waals surface area contributed by atoms with Crippen molar-refractivity contribution in [2.24, 2.45) is 0 Å². The number of para-hydroxylation sites is 6. The molecule has 0 aliphatic heterocycles. The van der Waals surface area contributed by atoms with Gasteiger partial charge in [-0.2, -0.15) is 0 Å². The van der Waals surface area contributed by atoms with Gasteiger partial charge in [-0.3, -0.25) is 0 Å². The van der Waals surface area contributed by atoms with Crippen LogP contribution in [0.15, 0.2) is 273 Å². The van der Waals surface area contributed by atoms with Crippen LogP contribution in [0.2, 0.25) is 0 Å². The minimum absolute atomic E-state index is 0.684. The molecule has 1 heterocycles. The van der Waals surface area contributed by atoms with Crippen molar-refractivity contribution in [3.63, 3.8) is 0 Å². The summed E-state index contributed by atoms with van der Waals surface area (Å²) in [5.74, 6) is 2.05. The number of benzene rings is 9. The van der Waals surface area contributed by atoms with Crippen LogP contribution in [-0.2, 0) is 0 Å². The predicted octanol–water partition coefficient (Wildman–Crippen LogP) is 21.4. The Labute approximate surface area is 472 Å². The third-order valence-corrected chi connectivity index (χ3v) is 10.6. The smallest absolute Gasteiger partial charge is 0.164 e. The van der Waals surface area contributed by atoms with E-state index in [2.05, 4.69) is 196 Å². The Morgan fingerprint density at radius 3 is 0.423 bits per heavy atom. The summed E-state index contributed by atoms with van der Waals surface area (Å²) in [7, 11) is 6.22. The molecule has 78 heavy (non-hydrogen) atoms. The fourth-order valence-electron chi connectivity index (χ4n) is 6.88. The fourth-order valence-corrected chi connectivity index (χ4v) is 6.88. The summed E-state index contributed by atoms with van der Waals surface area (Å²) in [5, 5.41) is 0. The summed E-state index contributed by atoms with van der Waals surface area (Å²) in [6.07, 6.45) is 0. The summed E-state index contributed by atoms with van der Waals surface area (Å²) < 4.78 is 0. The molecular weight excluding hydrogens is 949 g/mol. The van der Waals surface area contributed by atoms with Crippen molar-refractivity contribution >= 4 is 34.1 Å². The lowest BCUT2D eigenvalue weighted by Gasteiger charge is -2.18. The van der Waals surface area contributed by atoms with Crippen molar-refractivity contribution in [1.29, 1.82) is 0 Å². The van der Waals surface area contributed by atoms with Crippen molar-refractivity contribution in [3.8, 4) is 34.2 Å². The first-order valence-corrected chi connectivity index (χ1v) is 28.0. The molecule has 0 bridgehead atoms. The summed E-state index contributed by atoms with van der Waals surface area (Å²) in [6, 6.07) is 92.0. The van der Waals surface area contributed by atoms with E-state index in [1.54, 1.807) is 0 Å². The quantitative estimate of drug-likeness (QED) is 0.144. The number of anilines is 6. The maximum absolute atomic E-state index is 4.68. The lowest BCUT2D eigenvalue weighted by atomic mass is 10.1. The molecule has 0 spiro atoms. The van der Waals surface area contributed by atoms with Gasteiger partial charge in [0.05, 0.1) is 0 Å². The molecule has 0 unspecified atom stereocenters. The van der Waals surface area contributed by atoms with E-state index in [1.807, 2.05) is 210 Å². The maximum Gasteiger partial charge on any atom is 0.164 e. The third kappa shape index (κ3) is 23.9. The van der Waals surface area contributed by atoms with Gasteiger partial charge in [-0.1, -0.05) is 283 Å². The second kappa shape index (κ2) is 43.6. The molecule has 6 nitrogen and oxygen atoms in total. The van der Waals surface area contributed by atoms with Gasteiger partial charge in [0.2, 0.25) is 0 Å². The van der Waals surface area contributed by atoms with Crippen LogP contribution >= 0.6 is 0 Å². The second-order valence-corrected chi connectivity index (χ2v) is 15.1. The van der Waals surface area contributed by atoms with E-state index in [9.17, 15) is 0 Å². The van der Waals surface area contributed by atoms with E-state index in [0.717, 1.165) is 16.7 Å². The van der Waals surface area contributed by atoms with Crippen molar-refractivity contribution in [2.75, 3.05) is 35.8 Å². The molecule has 0 atom stereocenters. The molecule has 10 aromatic rings. The lowest BCUT2D eigenvalue weighted by molar-refractivity contribution is 1.07. The number of aromatic nitrogens is 3. The van der Waals surface area contributed by atoms with Gasteiger partial charge in [-0.25, -0.2) is 15.0 Å². The Morgan fingerprint density at radius 1 is 0.179 bits per heavy atom. The van der Waals surface area contributed by atoms with Crippen LogP contribution in [0, 0.1) is 0 Å². The summed E-state index contributed by atoms with van der Waals surface area (Å²) in [6.45, 7) is 24.0. The molecule has 0 amide bonds. The first-order chi connectivity index (χ1) is 38.5. The van der Waals surface area contributed by atoms with Crippen LogP contribution in [0.4, 0.5) is 34.1 Å². The molecule has 408 valence electrons. The summed E-state index contributed by atoms with van der Waals surface area (Å²) in [4.78, 5) is 20.5. The third-order valence-electron chi connectivity index (χ3n) is 10.6. The Kier molecular flexibility index (Phi) is 37.7. The molecule has 6 heteroatoms. The highest BCUT2D eigenvalue weighted by Gasteiger charge is 2.11. The zero-order valence-electron chi connectivity index (χ0n) is 49.7. The largest absolute Gasteiger partial charge is 0.345 e. The molecule has 10 rings (SSSR count). The minimum Gasteiger partial charge on any atom is -0.345 e. The molecule has 0 aliphatic rings. The molecule has 0 saturated heterocycles. The van der Waals surface area contributed by atoms with E-state index in [4.69, 9.17) is 0 Å². The molecule has 0 aliphatic carbocycles. The molecule has 0 fully saturated rings. The Balaban J connectivity index is 0.000000500. The lowest BCUT2D eigenvalue weighted by Crippen LogP contribution is -2.08. The SMILES string of the molecule is CC.CC.CC.CC.CC.CC.CN(c1ccccc1)c1ccccc1.CN(c1ccccc1)c1ccccc1.CN(c1ccccc1)c1ccccc1.c1ccc(-c2nc(-c3ccccc3)nc(-c3ccccc3)n2)cc1. The van der Waals surface area contributed by atoms with Gasteiger partial charge in [-0.05, 0) is 72.8 Å². The van der Waals surface area contributed by atoms with Crippen LogP contribution in [0.5, 0.6) is 0 Å². The molecule has 0 radical (unpaired) electrons. The van der Waals surface area contributed by atoms with E-state index in [1.165, 1.54) is 34.1 Å². The topological polar surface area (TPSA) is 48.4 Å². The van der Waals surface area contributed by atoms with Crippen LogP contribution in [0.1, 0.15) is 83.1 Å². The van der Waals surface area contributed by atoms with Gasteiger partial charge < -0.3 is 14.7 Å². The van der Waals surface area contributed by atoms with E-state index in [-0.39, 0.29) is 0 Å². The van der Waals surface area contributed by atoms with Gasteiger partial charge in [0.25, 0.3) is 0 Å². The predicted molar refractivity (Wildman–Crippen MR) is 347 cm³/mol. The molecule has 1 aromatic heterocycles. The van der Waals surface area contributed by atoms with Crippen LogP contribution in [0.25, 0.3) is 34.2 Å². The first-order valence-electron chi connectivity index (χ1n) is 28.0. The number of nitrogens with zero attached hydrogens (tertiary/aromatic N) is 6. The second-order valence-electron chi connectivity index (χ2n) is 15.1. The summed E-state index contributed by atoms with van der Waals surface area (Å²) in [5.41, 5.74) is 10.2. The highest BCUT2D eigenvalue weighted by atomic mass is 15.1. The van der Waals surface area contributed by atoms with Gasteiger partial charge in [0.15, 0.2) is 17.5 Å². The molecule has 9 aromatic carbocycles. The van der Waals surface area contributed by atoms with Gasteiger partial charge in [0, 0.05) is 72.0 Å². The number of hydrogen-bond donors (Lipinski definition) is 0. The average molecular weight is 1040 g/mol. The summed E-state index contributed by atoms with van der Waals surface area (Å²) >= 11 is 0. The Bertz CT molecular complexity index is 2410. The van der Waals surface area contributed by atoms with Crippen molar-refractivity contribution in [1.82, 2.24) is 15.0 Å². The van der Waals surface area contributed by atoms with Crippen LogP contribution < -0.4 is 14.7 Å². The zero-order chi connectivity index (χ0) is 57.6. The van der Waals surface area contributed by atoms with E-state index in [0.29, 0.717) is 17.5 Å². The van der Waals surface area contributed by atoms with Gasteiger partial charge in [-0.15, -0.1) is 0 Å². The Hall–Kier alpha value is -8.61. The van der Waals surface area contributed by atoms with Crippen LogP contribution in [-0.4, -0.2) is 36.1 Å². The highest BCUT2D eigenvalue weighted by Crippen LogP contribution is 2.26. The first kappa shape index (κ1) is 67.4. The van der Waals surface area contributed by atoms with Crippen molar-refractivity contribution in [2.45, 2.75) is 83.1 Å². The van der Waals surface area contributed by atoms with Gasteiger partial charge in [0.1, 0.15) is 0 Å². The zero-order valence-corrected chi connectivity index (χ0v) is 49.7. The standard InChI is InChI=1S/C21H15N3.3C13H13N.6C2H6/c1-4-10-16(11-5-1)19-22-20(17-12-6-2-7-13-17)24-21(23-19)18-14-8-3-9-15-18;3*1-14(12-8-4-2-5-9-12)13-10-6-3-7-11-13;6*1-2/h1-15H;3*2-11H,1H3;6*1-2H3. The highest BCUT2D eigenvalue weighted by molar-refractivity contribution is 5.67. The minimum atomic E-state index is 0.684. The monoisotopic (exact) mass is 1040 g/mol. The molecule has 0 saturated carbocycles. The maximum atomic E-state index is 4.68. The van der Waals surface area contributed by atoms with E-state index >= 15 is 0 Å². The molecular formula is C72H90N6.